The summed E-state index contributed by atoms with van der Waals surface area (Å²) in [5.74, 6) is 2.15. The molecule has 5 rings (SSSR count). The molecular formula is C27H42N2O10P2. The molecule has 0 bridgehead atoms. The van der Waals surface area contributed by atoms with Crippen LogP contribution in [0.2, 0.25) is 0 Å². The Morgan fingerprint density at radius 3 is 2.41 bits per heavy atom. The molecule has 0 aromatic heterocycles. The summed E-state index contributed by atoms with van der Waals surface area (Å²) in [4.78, 5) is 53.2. The van der Waals surface area contributed by atoms with E-state index in [4.69, 9.17) is 14.2 Å². The van der Waals surface area contributed by atoms with Crippen molar-refractivity contribution in [1.29, 1.82) is 0 Å². The van der Waals surface area contributed by atoms with Gasteiger partial charge in [-0.1, -0.05) is 13.0 Å². The average Bonchev–Trinajstić information content (AvgIpc) is 3.25. The maximum Gasteiger partial charge on any atom is 0.354 e. The molecule has 0 spiro atoms. The standard InChI is InChI=1S/C27H42N2O10P2/c1-27-10-9-21-20-6-4-19(15-18(20)3-5-22(21)23(27)7-8-24(27)39-17-37-2)38-16-25(30)28-11-13-29(14-12-28)26(40(31,32)33)41(34,35)36/h4,6,15,21-24,26H,3,5,7-14,16-17H2,1-2H3,(H2,31,32,33)(H2,34,35,36)/t21-,22-,23+,24?,27+/m1/s1. The third kappa shape index (κ3) is 6.33. The van der Waals surface area contributed by atoms with Gasteiger partial charge in [-0.2, -0.15) is 0 Å². The molecule has 12 nitrogen and oxygen atoms in total. The van der Waals surface area contributed by atoms with Crippen LogP contribution in [-0.4, -0.2) is 93.6 Å². The number of benzene rings is 1. The lowest BCUT2D eigenvalue weighted by Crippen LogP contribution is -2.52. The lowest BCUT2D eigenvalue weighted by Gasteiger charge is -2.50. The van der Waals surface area contributed by atoms with Gasteiger partial charge in [0.2, 0.25) is 5.52 Å². The van der Waals surface area contributed by atoms with Crippen molar-refractivity contribution in [2.45, 2.75) is 63.0 Å². The summed E-state index contributed by atoms with van der Waals surface area (Å²) in [5, 5.41) is 0. The van der Waals surface area contributed by atoms with Gasteiger partial charge in [-0.25, -0.2) is 0 Å². The largest absolute Gasteiger partial charge is 0.484 e. The fourth-order valence-electron chi connectivity index (χ4n) is 8.08. The second-order valence-electron chi connectivity index (χ2n) is 12.2. The minimum absolute atomic E-state index is 0.0622. The molecule has 230 valence electrons. The first-order valence-electron chi connectivity index (χ1n) is 14.3. The molecular weight excluding hydrogens is 574 g/mol. The molecule has 1 aliphatic heterocycles. The van der Waals surface area contributed by atoms with E-state index in [2.05, 4.69) is 13.0 Å². The van der Waals surface area contributed by atoms with Crippen molar-refractivity contribution in [2.75, 3.05) is 46.7 Å². The Hall–Kier alpha value is -1.33. The fraction of sp³-hybridized carbons (Fsp3) is 0.741. The zero-order chi connectivity index (χ0) is 29.6. The highest BCUT2D eigenvalue weighted by Crippen LogP contribution is 2.62. The molecule has 1 heterocycles. The van der Waals surface area contributed by atoms with E-state index in [1.54, 1.807) is 7.11 Å². The normalized spacial score (nSPS) is 30.6. The van der Waals surface area contributed by atoms with Gasteiger partial charge in [0, 0.05) is 33.3 Å². The second kappa shape index (κ2) is 12.0. The number of fused-ring (bicyclic) bond motifs is 5. The van der Waals surface area contributed by atoms with E-state index in [1.165, 1.54) is 22.4 Å². The highest BCUT2D eigenvalue weighted by molar-refractivity contribution is 7.70. The monoisotopic (exact) mass is 616 g/mol. The van der Waals surface area contributed by atoms with E-state index in [9.17, 15) is 33.5 Å². The minimum atomic E-state index is -5.07. The zero-order valence-corrected chi connectivity index (χ0v) is 25.4. The number of methoxy groups -OCH3 is 1. The van der Waals surface area contributed by atoms with Crippen LogP contribution < -0.4 is 4.74 Å². The molecule has 1 amide bonds. The highest BCUT2D eigenvalue weighted by atomic mass is 31.2. The SMILES string of the molecule is COCOC1CC[C@H]2[C@@H]3CCc4cc(OCC(=O)N5CCN(C(P(=O)(O)O)P(=O)(O)O)CC5)ccc4[C@H]3CC[C@]12C. The Bertz CT molecular complexity index is 1190. The van der Waals surface area contributed by atoms with Gasteiger partial charge < -0.3 is 38.7 Å². The van der Waals surface area contributed by atoms with Gasteiger partial charge >= 0.3 is 15.2 Å². The number of carbonyl (C=O) groups is 1. The molecule has 4 aliphatic rings. The quantitative estimate of drug-likeness (QED) is 0.238. The number of hydrogen-bond acceptors (Lipinski definition) is 7. The first kappa shape index (κ1) is 31.1. The Labute approximate surface area is 240 Å². The number of amides is 1. The van der Waals surface area contributed by atoms with Crippen molar-refractivity contribution in [1.82, 2.24) is 9.80 Å². The molecule has 41 heavy (non-hydrogen) atoms. The molecule has 0 radical (unpaired) electrons. The predicted molar refractivity (Wildman–Crippen MR) is 149 cm³/mol. The van der Waals surface area contributed by atoms with E-state index < -0.39 is 20.7 Å². The fourth-order valence-corrected chi connectivity index (χ4v) is 11.0. The molecule has 1 aromatic carbocycles. The molecule has 1 unspecified atom stereocenters. The van der Waals surface area contributed by atoms with Gasteiger partial charge in [-0.15, -0.1) is 0 Å². The minimum Gasteiger partial charge on any atom is -0.484 e. The van der Waals surface area contributed by atoms with Gasteiger partial charge in [0.1, 0.15) is 12.5 Å². The summed E-state index contributed by atoms with van der Waals surface area (Å²) in [5.41, 5.74) is 0.665. The van der Waals surface area contributed by atoms with Crippen molar-refractivity contribution in [3.63, 3.8) is 0 Å². The molecule has 4 N–H and O–H groups in total. The Kier molecular flexibility index (Phi) is 9.09. The first-order valence-corrected chi connectivity index (χ1v) is 17.7. The summed E-state index contributed by atoms with van der Waals surface area (Å²) in [7, 11) is -8.48. The van der Waals surface area contributed by atoms with E-state index in [0.717, 1.165) is 37.0 Å². The van der Waals surface area contributed by atoms with Gasteiger partial charge in [0.15, 0.2) is 6.61 Å². The number of nitrogens with zero attached hydrogens (tertiary/aromatic N) is 2. The Balaban J connectivity index is 1.16. The van der Waals surface area contributed by atoms with Crippen LogP contribution >= 0.6 is 15.2 Å². The summed E-state index contributed by atoms with van der Waals surface area (Å²) in [6.07, 6.45) is 6.90. The molecule has 2 saturated carbocycles. The third-order valence-electron chi connectivity index (χ3n) is 9.96. The van der Waals surface area contributed by atoms with Crippen LogP contribution in [0.1, 0.15) is 56.1 Å². The van der Waals surface area contributed by atoms with Crippen LogP contribution in [0, 0.1) is 17.3 Å². The number of carbonyl (C=O) groups excluding carboxylic acids is 1. The second-order valence-corrected chi connectivity index (χ2v) is 15.9. The lowest BCUT2D eigenvalue weighted by molar-refractivity contribution is -0.135. The topological polar surface area (TPSA) is 166 Å². The molecule has 1 aromatic rings. The van der Waals surface area contributed by atoms with Crippen LogP contribution in [0.3, 0.4) is 0 Å². The number of piperazine rings is 1. The van der Waals surface area contributed by atoms with Crippen LogP contribution in [-0.2, 0) is 29.8 Å². The van der Waals surface area contributed by atoms with E-state index in [1.807, 2.05) is 12.1 Å². The van der Waals surface area contributed by atoms with Crippen LogP contribution in [0.15, 0.2) is 18.2 Å². The van der Waals surface area contributed by atoms with Crippen molar-refractivity contribution < 1.29 is 47.7 Å². The van der Waals surface area contributed by atoms with E-state index in [0.29, 0.717) is 30.3 Å². The number of aryl methyl sites for hydroxylation is 1. The molecule has 14 heteroatoms. The van der Waals surface area contributed by atoms with Gasteiger partial charge in [0.25, 0.3) is 5.91 Å². The number of hydrogen-bond donors (Lipinski definition) is 4. The van der Waals surface area contributed by atoms with Gasteiger partial charge in [-0.3, -0.25) is 18.8 Å². The summed E-state index contributed by atoms with van der Waals surface area (Å²) < 4.78 is 40.5. The van der Waals surface area contributed by atoms with Crippen LogP contribution in [0.4, 0.5) is 0 Å². The van der Waals surface area contributed by atoms with Crippen molar-refractivity contribution in [3.8, 4) is 5.75 Å². The Morgan fingerprint density at radius 1 is 1.05 bits per heavy atom. The predicted octanol–water partition coefficient (Wildman–Crippen LogP) is 2.69. The van der Waals surface area contributed by atoms with Crippen molar-refractivity contribution in [2.24, 2.45) is 17.3 Å². The maximum atomic E-state index is 12.8. The van der Waals surface area contributed by atoms with Crippen molar-refractivity contribution in [3.05, 3.63) is 29.3 Å². The van der Waals surface area contributed by atoms with Crippen molar-refractivity contribution >= 4 is 21.1 Å². The van der Waals surface area contributed by atoms with Crippen LogP contribution in [0.25, 0.3) is 0 Å². The number of rotatable bonds is 9. The van der Waals surface area contributed by atoms with Crippen LogP contribution in [0.5, 0.6) is 5.75 Å². The summed E-state index contributed by atoms with van der Waals surface area (Å²) in [6, 6.07) is 6.14. The first-order chi connectivity index (χ1) is 19.3. The summed E-state index contributed by atoms with van der Waals surface area (Å²) in [6.45, 7) is 2.61. The molecule has 3 fully saturated rings. The average molecular weight is 617 g/mol. The van der Waals surface area contributed by atoms with Gasteiger partial charge in [-0.05, 0) is 85.0 Å². The molecule has 3 aliphatic carbocycles. The summed E-state index contributed by atoms with van der Waals surface area (Å²) >= 11 is 0. The maximum absolute atomic E-state index is 12.8. The van der Waals surface area contributed by atoms with E-state index >= 15 is 0 Å². The number of ether oxygens (including phenoxy) is 3. The smallest absolute Gasteiger partial charge is 0.354 e. The Morgan fingerprint density at radius 2 is 1.76 bits per heavy atom. The molecule has 5 atom stereocenters. The van der Waals surface area contributed by atoms with Gasteiger partial charge in [0.05, 0.1) is 6.10 Å². The molecule has 1 saturated heterocycles. The van der Waals surface area contributed by atoms with E-state index in [-0.39, 0.29) is 50.2 Å². The highest BCUT2D eigenvalue weighted by Gasteiger charge is 2.55. The third-order valence-corrected chi connectivity index (χ3v) is 13.6. The lowest BCUT2D eigenvalue weighted by atomic mass is 9.55. The zero-order valence-electron chi connectivity index (χ0n) is 23.6.